The Morgan fingerprint density at radius 2 is 1.93 bits per heavy atom. The van der Waals surface area contributed by atoms with Gasteiger partial charge in [-0.3, -0.25) is 0 Å². The normalized spacial score (nSPS) is 31.1. The number of nitrogens with zero attached hydrogens (tertiary/aromatic N) is 1. The Balaban J connectivity index is 1.69. The van der Waals surface area contributed by atoms with E-state index in [1.54, 1.807) is 0 Å². The highest BCUT2D eigenvalue weighted by Gasteiger charge is 2.24. The van der Waals surface area contributed by atoms with E-state index in [2.05, 4.69) is 16.7 Å². The van der Waals surface area contributed by atoms with Crippen molar-refractivity contribution in [3.8, 4) is 0 Å². The molecule has 0 bridgehead atoms. The molecular weight excluding hydrogens is 194 g/mol. The number of thioether (sulfide) groups is 1. The van der Waals surface area contributed by atoms with Crippen LogP contribution in [0, 0.1) is 11.8 Å². The van der Waals surface area contributed by atoms with Gasteiger partial charge in [-0.25, -0.2) is 0 Å². The molecule has 2 aliphatic heterocycles. The van der Waals surface area contributed by atoms with E-state index in [1.807, 2.05) is 0 Å². The SMILES string of the molecule is OCC1CCN(CC2CCSCC2)C1. The van der Waals surface area contributed by atoms with Gasteiger partial charge in [0.05, 0.1) is 0 Å². The molecule has 2 nitrogen and oxygen atoms in total. The van der Waals surface area contributed by atoms with E-state index in [-0.39, 0.29) is 0 Å². The molecule has 1 atom stereocenters. The highest BCUT2D eigenvalue weighted by molar-refractivity contribution is 7.99. The maximum atomic E-state index is 9.06. The second-order valence-corrected chi connectivity index (χ2v) is 5.88. The smallest absolute Gasteiger partial charge is 0.0471 e. The Hall–Kier alpha value is 0.270. The monoisotopic (exact) mass is 215 g/mol. The zero-order valence-corrected chi connectivity index (χ0v) is 9.64. The molecule has 0 aliphatic carbocycles. The maximum Gasteiger partial charge on any atom is 0.0471 e. The van der Waals surface area contributed by atoms with Gasteiger partial charge in [0, 0.05) is 19.7 Å². The summed E-state index contributed by atoms with van der Waals surface area (Å²) in [6.07, 6.45) is 4.02. The van der Waals surface area contributed by atoms with Crippen molar-refractivity contribution in [1.82, 2.24) is 4.90 Å². The Kier molecular flexibility index (Phi) is 4.14. The number of hydrogen-bond acceptors (Lipinski definition) is 3. The van der Waals surface area contributed by atoms with Crippen LogP contribution in [-0.2, 0) is 0 Å². The molecule has 1 N–H and O–H groups in total. The number of hydrogen-bond donors (Lipinski definition) is 1. The first-order valence-electron chi connectivity index (χ1n) is 5.79. The third-order valence-electron chi connectivity index (χ3n) is 3.49. The van der Waals surface area contributed by atoms with Crippen LogP contribution in [0.15, 0.2) is 0 Å². The van der Waals surface area contributed by atoms with Crippen molar-refractivity contribution in [3.05, 3.63) is 0 Å². The number of aliphatic hydroxyl groups excluding tert-OH is 1. The molecule has 14 heavy (non-hydrogen) atoms. The van der Waals surface area contributed by atoms with E-state index < -0.39 is 0 Å². The molecule has 0 saturated carbocycles. The van der Waals surface area contributed by atoms with E-state index in [1.165, 1.54) is 43.9 Å². The van der Waals surface area contributed by atoms with Crippen LogP contribution in [-0.4, -0.2) is 47.8 Å². The van der Waals surface area contributed by atoms with Crippen LogP contribution in [0.1, 0.15) is 19.3 Å². The molecule has 0 radical (unpaired) electrons. The average molecular weight is 215 g/mol. The molecule has 0 spiro atoms. The van der Waals surface area contributed by atoms with Gasteiger partial charge >= 0.3 is 0 Å². The third-order valence-corrected chi connectivity index (χ3v) is 4.53. The fraction of sp³-hybridized carbons (Fsp3) is 1.00. The summed E-state index contributed by atoms with van der Waals surface area (Å²) in [5, 5.41) is 9.06. The highest BCUT2D eigenvalue weighted by Crippen LogP contribution is 2.25. The van der Waals surface area contributed by atoms with Crippen LogP contribution in [0.25, 0.3) is 0 Å². The van der Waals surface area contributed by atoms with E-state index >= 15 is 0 Å². The molecule has 2 fully saturated rings. The fourth-order valence-electron chi connectivity index (χ4n) is 2.52. The summed E-state index contributed by atoms with van der Waals surface area (Å²) in [6.45, 7) is 4.03. The minimum Gasteiger partial charge on any atom is -0.396 e. The van der Waals surface area contributed by atoms with Crippen LogP contribution in [0.4, 0.5) is 0 Å². The van der Waals surface area contributed by atoms with Gasteiger partial charge in [0.2, 0.25) is 0 Å². The first-order chi connectivity index (χ1) is 6.88. The predicted molar refractivity (Wildman–Crippen MR) is 61.7 cm³/mol. The number of likely N-dealkylation sites (tertiary alicyclic amines) is 1. The minimum atomic E-state index is 0.386. The van der Waals surface area contributed by atoms with Crippen molar-refractivity contribution in [3.63, 3.8) is 0 Å². The summed E-state index contributed by atoms with van der Waals surface area (Å²) in [4.78, 5) is 2.56. The molecule has 0 amide bonds. The second kappa shape index (κ2) is 5.38. The standard InChI is InChI=1S/C11H21NOS/c13-9-11-1-4-12(8-11)7-10-2-5-14-6-3-10/h10-11,13H,1-9H2. The summed E-state index contributed by atoms with van der Waals surface area (Å²) in [5.41, 5.74) is 0. The Morgan fingerprint density at radius 3 is 2.57 bits per heavy atom. The van der Waals surface area contributed by atoms with E-state index in [9.17, 15) is 0 Å². The van der Waals surface area contributed by atoms with Crippen LogP contribution < -0.4 is 0 Å². The average Bonchev–Trinajstić information content (AvgIpc) is 2.67. The summed E-state index contributed by atoms with van der Waals surface area (Å²) in [5.74, 6) is 4.23. The minimum absolute atomic E-state index is 0.386. The van der Waals surface area contributed by atoms with E-state index in [0.717, 1.165) is 12.5 Å². The lowest BCUT2D eigenvalue weighted by molar-refractivity contribution is 0.210. The lowest BCUT2D eigenvalue weighted by Gasteiger charge is -2.26. The first-order valence-corrected chi connectivity index (χ1v) is 6.95. The molecule has 1 unspecified atom stereocenters. The van der Waals surface area contributed by atoms with Crippen molar-refractivity contribution in [1.29, 1.82) is 0 Å². The Morgan fingerprint density at radius 1 is 1.14 bits per heavy atom. The Labute approximate surface area is 91.1 Å². The van der Waals surface area contributed by atoms with E-state index in [0.29, 0.717) is 12.5 Å². The largest absolute Gasteiger partial charge is 0.396 e. The summed E-state index contributed by atoms with van der Waals surface area (Å²) < 4.78 is 0. The topological polar surface area (TPSA) is 23.5 Å². The predicted octanol–water partition coefficient (Wildman–Crippen LogP) is 1.44. The molecule has 2 heterocycles. The zero-order valence-electron chi connectivity index (χ0n) is 8.82. The van der Waals surface area contributed by atoms with Crippen molar-refractivity contribution in [2.24, 2.45) is 11.8 Å². The highest BCUT2D eigenvalue weighted by atomic mass is 32.2. The molecule has 2 saturated heterocycles. The van der Waals surface area contributed by atoms with Gasteiger partial charge < -0.3 is 10.0 Å². The van der Waals surface area contributed by atoms with Gasteiger partial charge in [0.25, 0.3) is 0 Å². The van der Waals surface area contributed by atoms with Crippen LogP contribution in [0.2, 0.25) is 0 Å². The summed E-state index contributed by atoms with van der Waals surface area (Å²) in [6, 6.07) is 0. The van der Waals surface area contributed by atoms with Crippen molar-refractivity contribution in [2.75, 3.05) is 37.7 Å². The molecule has 0 aromatic rings. The molecule has 2 rings (SSSR count). The zero-order chi connectivity index (χ0) is 9.80. The fourth-order valence-corrected chi connectivity index (χ4v) is 3.73. The number of aliphatic hydroxyl groups is 1. The van der Waals surface area contributed by atoms with Gasteiger partial charge in [-0.1, -0.05) is 0 Å². The molecular formula is C11H21NOS. The quantitative estimate of drug-likeness (QED) is 0.771. The molecule has 82 valence electrons. The van der Waals surface area contributed by atoms with Gasteiger partial charge in [-0.15, -0.1) is 0 Å². The van der Waals surface area contributed by atoms with Crippen molar-refractivity contribution >= 4 is 11.8 Å². The van der Waals surface area contributed by atoms with Gasteiger partial charge in [-0.2, -0.15) is 11.8 Å². The molecule has 0 aromatic heterocycles. The van der Waals surface area contributed by atoms with E-state index in [4.69, 9.17) is 5.11 Å². The van der Waals surface area contributed by atoms with Crippen molar-refractivity contribution in [2.45, 2.75) is 19.3 Å². The van der Waals surface area contributed by atoms with Crippen LogP contribution in [0.3, 0.4) is 0 Å². The molecule has 0 aromatic carbocycles. The Bertz CT molecular complexity index is 171. The third kappa shape index (κ3) is 2.88. The summed E-state index contributed by atoms with van der Waals surface area (Å²) in [7, 11) is 0. The lowest BCUT2D eigenvalue weighted by atomic mass is 10.0. The summed E-state index contributed by atoms with van der Waals surface area (Å²) >= 11 is 2.10. The first kappa shape index (κ1) is 10.8. The van der Waals surface area contributed by atoms with Crippen LogP contribution >= 0.6 is 11.8 Å². The van der Waals surface area contributed by atoms with Gasteiger partial charge in [-0.05, 0) is 49.1 Å². The number of rotatable bonds is 3. The van der Waals surface area contributed by atoms with Crippen LogP contribution in [0.5, 0.6) is 0 Å². The lowest BCUT2D eigenvalue weighted by Crippen LogP contribution is -2.29. The van der Waals surface area contributed by atoms with Gasteiger partial charge in [0.1, 0.15) is 0 Å². The molecule has 3 heteroatoms. The second-order valence-electron chi connectivity index (χ2n) is 4.65. The van der Waals surface area contributed by atoms with Gasteiger partial charge in [0.15, 0.2) is 0 Å². The molecule has 2 aliphatic rings. The van der Waals surface area contributed by atoms with Crippen molar-refractivity contribution < 1.29 is 5.11 Å². The maximum absolute atomic E-state index is 9.06.